The molecule has 0 saturated carbocycles. The Hall–Kier alpha value is -1.35. The minimum Gasteiger partial charge on any atom is -0.291 e. The van der Waals surface area contributed by atoms with Crippen LogP contribution in [0.25, 0.3) is 0 Å². The van der Waals surface area contributed by atoms with Gasteiger partial charge in [-0.1, -0.05) is 51.1 Å². The Morgan fingerprint density at radius 3 is 2.44 bits per heavy atom. The fourth-order valence-corrected chi connectivity index (χ4v) is 1.15. The van der Waals surface area contributed by atoms with Crippen molar-refractivity contribution in [2.24, 2.45) is 5.41 Å². The first-order valence-electron chi connectivity index (χ1n) is 5.63. The van der Waals surface area contributed by atoms with Gasteiger partial charge in [0.05, 0.1) is 0 Å². The van der Waals surface area contributed by atoms with Gasteiger partial charge in [-0.2, -0.15) is 0 Å². The van der Waals surface area contributed by atoms with Gasteiger partial charge in [0.25, 0.3) is 0 Å². The van der Waals surface area contributed by atoms with E-state index < -0.39 is 0 Å². The summed E-state index contributed by atoms with van der Waals surface area (Å²) in [6, 6.07) is 9.97. The Morgan fingerprint density at radius 2 is 1.88 bits per heavy atom. The number of hydrazine groups is 1. The lowest BCUT2D eigenvalue weighted by Gasteiger charge is -2.21. The molecule has 1 aromatic carbocycles. The number of carbonyl (C=O) groups excluding carboxylic acids is 1. The molecule has 0 aliphatic heterocycles. The highest BCUT2D eigenvalue weighted by atomic mass is 16.2. The standard InChI is InChI=1S/C13H20N2O/c1-4-13(2,3)12(16)15-14-10-11-8-6-5-7-9-11/h5-9,14H,4,10H2,1-3H3,(H,15,16). The van der Waals surface area contributed by atoms with Gasteiger partial charge < -0.3 is 0 Å². The quantitative estimate of drug-likeness (QED) is 0.747. The second-order valence-electron chi connectivity index (χ2n) is 4.53. The molecule has 0 unspecified atom stereocenters. The number of benzene rings is 1. The SMILES string of the molecule is CCC(C)(C)C(=O)NNCc1ccccc1. The summed E-state index contributed by atoms with van der Waals surface area (Å²) < 4.78 is 0. The molecule has 0 bridgehead atoms. The zero-order valence-corrected chi connectivity index (χ0v) is 10.2. The summed E-state index contributed by atoms with van der Waals surface area (Å²) in [5, 5.41) is 0. The third-order valence-corrected chi connectivity index (χ3v) is 2.84. The number of amides is 1. The van der Waals surface area contributed by atoms with Gasteiger partial charge in [0.2, 0.25) is 5.91 Å². The molecule has 0 spiro atoms. The van der Waals surface area contributed by atoms with Crippen LogP contribution in [-0.2, 0) is 11.3 Å². The van der Waals surface area contributed by atoms with Crippen molar-refractivity contribution in [3.63, 3.8) is 0 Å². The van der Waals surface area contributed by atoms with Crippen molar-refractivity contribution in [3.05, 3.63) is 35.9 Å². The molecule has 0 fully saturated rings. The lowest BCUT2D eigenvalue weighted by Crippen LogP contribution is -2.44. The molecule has 1 rings (SSSR count). The van der Waals surface area contributed by atoms with E-state index in [0.29, 0.717) is 6.54 Å². The van der Waals surface area contributed by atoms with E-state index >= 15 is 0 Å². The van der Waals surface area contributed by atoms with Gasteiger partial charge in [0, 0.05) is 12.0 Å². The van der Waals surface area contributed by atoms with Crippen LogP contribution in [0.4, 0.5) is 0 Å². The van der Waals surface area contributed by atoms with Gasteiger partial charge in [0.1, 0.15) is 0 Å². The topological polar surface area (TPSA) is 41.1 Å². The van der Waals surface area contributed by atoms with Crippen LogP contribution in [0.2, 0.25) is 0 Å². The first kappa shape index (κ1) is 12.7. The number of hydrogen-bond acceptors (Lipinski definition) is 2. The smallest absolute Gasteiger partial charge is 0.239 e. The third-order valence-electron chi connectivity index (χ3n) is 2.84. The summed E-state index contributed by atoms with van der Waals surface area (Å²) in [6.45, 7) is 6.53. The fourth-order valence-electron chi connectivity index (χ4n) is 1.15. The number of rotatable bonds is 5. The van der Waals surface area contributed by atoms with Crippen molar-refractivity contribution in [1.82, 2.24) is 10.9 Å². The van der Waals surface area contributed by atoms with Crippen LogP contribution in [0.5, 0.6) is 0 Å². The molecule has 1 aromatic rings. The van der Waals surface area contributed by atoms with Crippen molar-refractivity contribution < 1.29 is 4.79 Å². The van der Waals surface area contributed by atoms with Crippen LogP contribution >= 0.6 is 0 Å². The molecule has 0 aliphatic carbocycles. The van der Waals surface area contributed by atoms with Crippen LogP contribution in [-0.4, -0.2) is 5.91 Å². The van der Waals surface area contributed by atoms with Crippen LogP contribution in [0.3, 0.4) is 0 Å². The Morgan fingerprint density at radius 1 is 1.25 bits per heavy atom. The molecule has 0 saturated heterocycles. The zero-order chi connectivity index (χ0) is 12.0. The van der Waals surface area contributed by atoms with Crippen LogP contribution in [0, 0.1) is 5.41 Å². The molecular weight excluding hydrogens is 200 g/mol. The van der Waals surface area contributed by atoms with E-state index in [0.717, 1.165) is 12.0 Å². The summed E-state index contributed by atoms with van der Waals surface area (Å²) in [7, 11) is 0. The van der Waals surface area contributed by atoms with E-state index in [2.05, 4.69) is 10.9 Å². The number of nitrogens with one attached hydrogen (secondary N) is 2. The predicted octanol–water partition coefficient (Wildman–Crippen LogP) is 2.24. The van der Waals surface area contributed by atoms with E-state index in [1.54, 1.807) is 0 Å². The van der Waals surface area contributed by atoms with Gasteiger partial charge >= 0.3 is 0 Å². The van der Waals surface area contributed by atoms with Gasteiger partial charge in [-0.25, -0.2) is 5.43 Å². The highest BCUT2D eigenvalue weighted by Crippen LogP contribution is 2.18. The van der Waals surface area contributed by atoms with Crippen LogP contribution < -0.4 is 10.9 Å². The third kappa shape index (κ3) is 3.66. The van der Waals surface area contributed by atoms with Crippen molar-refractivity contribution in [3.8, 4) is 0 Å². The highest BCUT2D eigenvalue weighted by Gasteiger charge is 2.24. The molecule has 0 radical (unpaired) electrons. The average molecular weight is 220 g/mol. The molecule has 1 amide bonds. The Bertz CT molecular complexity index is 333. The van der Waals surface area contributed by atoms with Crippen LogP contribution in [0.15, 0.2) is 30.3 Å². The Labute approximate surface area is 97.2 Å². The number of hydrogen-bond donors (Lipinski definition) is 2. The molecule has 0 atom stereocenters. The lowest BCUT2D eigenvalue weighted by atomic mass is 9.90. The molecule has 3 nitrogen and oxygen atoms in total. The molecular formula is C13H20N2O. The van der Waals surface area contributed by atoms with E-state index in [4.69, 9.17) is 0 Å². The summed E-state index contributed by atoms with van der Waals surface area (Å²) in [4.78, 5) is 11.7. The van der Waals surface area contributed by atoms with Gasteiger partial charge in [-0.15, -0.1) is 0 Å². The summed E-state index contributed by atoms with van der Waals surface area (Å²) in [5.41, 5.74) is 6.51. The fraction of sp³-hybridized carbons (Fsp3) is 0.462. The predicted molar refractivity (Wildman–Crippen MR) is 65.5 cm³/mol. The van der Waals surface area contributed by atoms with Crippen LogP contribution in [0.1, 0.15) is 32.8 Å². The number of carbonyl (C=O) groups is 1. The molecule has 0 aliphatic rings. The van der Waals surface area contributed by atoms with Gasteiger partial charge in [-0.05, 0) is 12.0 Å². The van der Waals surface area contributed by atoms with E-state index in [1.807, 2.05) is 51.1 Å². The molecule has 3 heteroatoms. The largest absolute Gasteiger partial charge is 0.291 e. The maximum atomic E-state index is 11.7. The summed E-state index contributed by atoms with van der Waals surface area (Å²) >= 11 is 0. The summed E-state index contributed by atoms with van der Waals surface area (Å²) in [5.74, 6) is 0.0333. The zero-order valence-electron chi connectivity index (χ0n) is 10.2. The second-order valence-corrected chi connectivity index (χ2v) is 4.53. The average Bonchev–Trinajstić information content (AvgIpc) is 2.30. The summed E-state index contributed by atoms with van der Waals surface area (Å²) in [6.07, 6.45) is 0.825. The van der Waals surface area contributed by atoms with E-state index in [-0.39, 0.29) is 11.3 Å². The van der Waals surface area contributed by atoms with Crippen molar-refractivity contribution >= 4 is 5.91 Å². The normalized spacial score (nSPS) is 11.2. The molecule has 88 valence electrons. The maximum Gasteiger partial charge on any atom is 0.239 e. The van der Waals surface area contributed by atoms with Gasteiger partial charge in [-0.3, -0.25) is 10.2 Å². The minimum absolute atomic E-state index is 0.0333. The Balaban J connectivity index is 2.34. The molecule has 2 N–H and O–H groups in total. The van der Waals surface area contributed by atoms with Gasteiger partial charge in [0.15, 0.2) is 0 Å². The van der Waals surface area contributed by atoms with E-state index in [9.17, 15) is 4.79 Å². The maximum absolute atomic E-state index is 11.7. The second kappa shape index (κ2) is 5.66. The first-order chi connectivity index (χ1) is 7.56. The van der Waals surface area contributed by atoms with Crippen molar-refractivity contribution in [2.45, 2.75) is 33.7 Å². The minimum atomic E-state index is -0.316. The molecule has 16 heavy (non-hydrogen) atoms. The molecule has 0 heterocycles. The molecule has 0 aromatic heterocycles. The van der Waals surface area contributed by atoms with Crippen molar-refractivity contribution in [2.75, 3.05) is 0 Å². The van der Waals surface area contributed by atoms with Crippen molar-refractivity contribution in [1.29, 1.82) is 0 Å². The van der Waals surface area contributed by atoms with E-state index in [1.165, 1.54) is 0 Å². The Kier molecular flexibility index (Phi) is 4.50. The first-order valence-corrected chi connectivity index (χ1v) is 5.63. The monoisotopic (exact) mass is 220 g/mol. The highest BCUT2D eigenvalue weighted by molar-refractivity contribution is 5.81. The lowest BCUT2D eigenvalue weighted by molar-refractivity contribution is -0.130.